The molecule has 1 heteroatoms. The normalized spacial score (nSPS) is 10.6. The van der Waals surface area contributed by atoms with Gasteiger partial charge in [0.2, 0.25) is 0 Å². The number of fused-ring (bicyclic) bond motifs is 1. The van der Waals surface area contributed by atoms with E-state index in [1.807, 2.05) is 30.3 Å². The third kappa shape index (κ3) is 2.84. The van der Waals surface area contributed by atoms with E-state index in [0.29, 0.717) is 5.71 Å². The van der Waals surface area contributed by atoms with E-state index in [-0.39, 0.29) is 0 Å². The molecule has 108 valence electrons. The average molecular weight is 285 g/mol. The summed E-state index contributed by atoms with van der Waals surface area (Å²) >= 11 is 0. The van der Waals surface area contributed by atoms with Gasteiger partial charge in [0.1, 0.15) is 0 Å². The number of hydrogen-bond acceptors (Lipinski definition) is 1. The molecule has 1 nitrogen and oxygen atoms in total. The standard InChI is InChI=1S/C21H19N/c1-15-7-3-4-9-18(15)13-16(2)21(22)20-12-11-17-8-5-6-10-19(17)14-20/h3-12,14,22H,2,13H2,1H3. The van der Waals surface area contributed by atoms with Gasteiger partial charge in [-0.1, -0.05) is 67.2 Å². The molecule has 3 aromatic carbocycles. The predicted octanol–water partition coefficient (Wildman–Crippen LogP) is 5.31. The first-order valence-corrected chi connectivity index (χ1v) is 7.45. The molecule has 0 atom stereocenters. The summed E-state index contributed by atoms with van der Waals surface area (Å²) in [7, 11) is 0. The third-order valence-electron chi connectivity index (χ3n) is 4.06. The summed E-state index contributed by atoms with van der Waals surface area (Å²) in [4.78, 5) is 0. The van der Waals surface area contributed by atoms with E-state index in [0.717, 1.165) is 22.9 Å². The molecule has 0 spiro atoms. The molecule has 0 radical (unpaired) electrons. The molecule has 0 saturated heterocycles. The van der Waals surface area contributed by atoms with Gasteiger partial charge in [-0.25, -0.2) is 0 Å². The largest absolute Gasteiger partial charge is 0.300 e. The summed E-state index contributed by atoms with van der Waals surface area (Å²) in [6.07, 6.45) is 0.721. The van der Waals surface area contributed by atoms with Gasteiger partial charge in [0.15, 0.2) is 0 Å². The minimum absolute atomic E-state index is 0.522. The van der Waals surface area contributed by atoms with Crippen LogP contribution in [0, 0.1) is 12.3 Å². The fraction of sp³-hybridized carbons (Fsp3) is 0.0952. The SMILES string of the molecule is C=C(Cc1ccccc1C)C(=N)c1ccc2ccccc2c1. The summed E-state index contributed by atoms with van der Waals surface area (Å²) in [6, 6.07) is 22.7. The molecule has 22 heavy (non-hydrogen) atoms. The van der Waals surface area contributed by atoms with Crippen LogP contribution in [0.15, 0.2) is 78.9 Å². The highest BCUT2D eigenvalue weighted by Gasteiger charge is 2.09. The van der Waals surface area contributed by atoms with Crippen molar-refractivity contribution in [2.45, 2.75) is 13.3 Å². The highest BCUT2D eigenvalue weighted by atomic mass is 14.4. The van der Waals surface area contributed by atoms with Crippen LogP contribution in [0.4, 0.5) is 0 Å². The van der Waals surface area contributed by atoms with E-state index in [1.54, 1.807) is 0 Å². The lowest BCUT2D eigenvalue weighted by atomic mass is 9.94. The Balaban J connectivity index is 1.85. The highest BCUT2D eigenvalue weighted by molar-refractivity contribution is 6.12. The maximum Gasteiger partial charge on any atom is 0.0641 e. The molecule has 0 heterocycles. The van der Waals surface area contributed by atoms with Crippen LogP contribution in [0.25, 0.3) is 10.8 Å². The first-order chi connectivity index (χ1) is 10.6. The zero-order valence-corrected chi connectivity index (χ0v) is 12.8. The van der Waals surface area contributed by atoms with Crippen LogP contribution in [-0.4, -0.2) is 5.71 Å². The quantitative estimate of drug-likeness (QED) is 0.628. The number of nitrogens with one attached hydrogen (secondary N) is 1. The molecule has 0 aliphatic heterocycles. The Labute approximate surface area is 131 Å². The van der Waals surface area contributed by atoms with Gasteiger partial charge < -0.3 is 0 Å². The van der Waals surface area contributed by atoms with Gasteiger partial charge in [0.05, 0.1) is 5.71 Å². The zero-order valence-electron chi connectivity index (χ0n) is 12.8. The Morgan fingerprint density at radius 1 is 0.909 bits per heavy atom. The molecule has 3 aromatic rings. The smallest absolute Gasteiger partial charge is 0.0641 e. The Morgan fingerprint density at radius 2 is 1.59 bits per heavy atom. The molecule has 0 bridgehead atoms. The van der Waals surface area contributed by atoms with E-state index in [2.05, 4.69) is 49.9 Å². The molecular formula is C21H19N. The van der Waals surface area contributed by atoms with E-state index in [1.165, 1.54) is 16.5 Å². The first kappa shape index (κ1) is 14.3. The van der Waals surface area contributed by atoms with Crippen LogP contribution in [0.2, 0.25) is 0 Å². The fourth-order valence-corrected chi connectivity index (χ4v) is 2.68. The lowest BCUT2D eigenvalue weighted by Crippen LogP contribution is -2.06. The van der Waals surface area contributed by atoms with Gasteiger partial charge in [-0.2, -0.15) is 0 Å². The Kier molecular flexibility index (Phi) is 3.88. The number of allylic oxidation sites excluding steroid dienone is 1. The van der Waals surface area contributed by atoms with Crippen molar-refractivity contribution in [2.24, 2.45) is 0 Å². The molecule has 0 aliphatic rings. The van der Waals surface area contributed by atoms with Gasteiger partial charge in [-0.15, -0.1) is 0 Å². The molecule has 1 N–H and O–H groups in total. The lowest BCUT2D eigenvalue weighted by molar-refractivity contribution is 1.17. The van der Waals surface area contributed by atoms with Gasteiger partial charge in [-0.3, -0.25) is 5.41 Å². The van der Waals surface area contributed by atoms with Gasteiger partial charge in [-0.05, 0) is 46.9 Å². The second kappa shape index (κ2) is 5.98. The van der Waals surface area contributed by atoms with Crippen LogP contribution in [-0.2, 0) is 6.42 Å². The van der Waals surface area contributed by atoms with Crippen LogP contribution in [0.5, 0.6) is 0 Å². The minimum Gasteiger partial charge on any atom is -0.300 e. The van der Waals surface area contributed by atoms with Gasteiger partial charge in [0.25, 0.3) is 0 Å². The molecule has 0 aromatic heterocycles. The van der Waals surface area contributed by atoms with Gasteiger partial charge >= 0.3 is 0 Å². The Morgan fingerprint density at radius 3 is 2.36 bits per heavy atom. The van der Waals surface area contributed by atoms with E-state index >= 15 is 0 Å². The zero-order chi connectivity index (χ0) is 15.5. The van der Waals surface area contributed by atoms with Crippen molar-refractivity contribution in [3.05, 3.63) is 95.6 Å². The van der Waals surface area contributed by atoms with Crippen LogP contribution >= 0.6 is 0 Å². The topological polar surface area (TPSA) is 23.9 Å². The summed E-state index contributed by atoms with van der Waals surface area (Å²) in [5.74, 6) is 0. The van der Waals surface area contributed by atoms with Crippen molar-refractivity contribution in [1.29, 1.82) is 5.41 Å². The average Bonchev–Trinajstić information content (AvgIpc) is 2.55. The Bertz CT molecular complexity index is 858. The highest BCUT2D eigenvalue weighted by Crippen LogP contribution is 2.20. The number of aryl methyl sites for hydroxylation is 1. The minimum atomic E-state index is 0.522. The molecule has 0 aliphatic carbocycles. The lowest BCUT2D eigenvalue weighted by Gasteiger charge is -2.11. The van der Waals surface area contributed by atoms with Crippen molar-refractivity contribution in [1.82, 2.24) is 0 Å². The maximum absolute atomic E-state index is 8.43. The van der Waals surface area contributed by atoms with Crippen LogP contribution in [0.3, 0.4) is 0 Å². The second-order valence-electron chi connectivity index (χ2n) is 5.64. The summed E-state index contributed by atoms with van der Waals surface area (Å²) in [5, 5.41) is 10.8. The van der Waals surface area contributed by atoms with Crippen molar-refractivity contribution in [2.75, 3.05) is 0 Å². The summed E-state index contributed by atoms with van der Waals surface area (Å²) in [6.45, 7) is 6.22. The van der Waals surface area contributed by atoms with E-state index < -0.39 is 0 Å². The molecule has 0 saturated carbocycles. The third-order valence-corrected chi connectivity index (χ3v) is 4.06. The van der Waals surface area contributed by atoms with E-state index in [4.69, 9.17) is 5.41 Å². The predicted molar refractivity (Wildman–Crippen MR) is 94.8 cm³/mol. The van der Waals surface area contributed by atoms with Crippen molar-refractivity contribution in [3.8, 4) is 0 Å². The van der Waals surface area contributed by atoms with Crippen LogP contribution in [0.1, 0.15) is 16.7 Å². The van der Waals surface area contributed by atoms with E-state index in [9.17, 15) is 0 Å². The number of benzene rings is 3. The molecule has 0 fully saturated rings. The second-order valence-corrected chi connectivity index (χ2v) is 5.64. The first-order valence-electron chi connectivity index (χ1n) is 7.45. The summed E-state index contributed by atoms with van der Waals surface area (Å²) < 4.78 is 0. The number of rotatable bonds is 4. The molecule has 3 rings (SSSR count). The van der Waals surface area contributed by atoms with Crippen molar-refractivity contribution in [3.63, 3.8) is 0 Å². The summed E-state index contributed by atoms with van der Waals surface area (Å²) in [5.41, 5.74) is 4.78. The van der Waals surface area contributed by atoms with Crippen LogP contribution < -0.4 is 0 Å². The van der Waals surface area contributed by atoms with Crippen molar-refractivity contribution >= 4 is 16.5 Å². The monoisotopic (exact) mass is 285 g/mol. The molecule has 0 amide bonds. The van der Waals surface area contributed by atoms with Gasteiger partial charge in [0, 0.05) is 5.56 Å². The molecular weight excluding hydrogens is 266 g/mol. The number of hydrogen-bond donors (Lipinski definition) is 1. The fourth-order valence-electron chi connectivity index (χ4n) is 2.68. The Hall–Kier alpha value is -2.67. The maximum atomic E-state index is 8.43. The van der Waals surface area contributed by atoms with Crippen molar-refractivity contribution < 1.29 is 0 Å². The molecule has 0 unspecified atom stereocenters.